The van der Waals surface area contributed by atoms with E-state index < -0.39 is 0 Å². The Morgan fingerprint density at radius 2 is 2.05 bits per heavy atom. The Hall–Kier alpha value is -0.420. The maximum Gasteiger partial charge on any atom is 0.0300 e. The molecular weight excluding hydrogens is 254 g/mol. The standard InChI is InChI=1S/C15H29N3S/c1-5-8-18(10-9-17(3)4)14(2)12-16-13-15-7-6-11-19-15/h6-7,11,14,16H,5,8-10,12-13H2,1-4H3. The van der Waals surface area contributed by atoms with Crippen molar-refractivity contribution in [2.24, 2.45) is 0 Å². The predicted molar refractivity (Wildman–Crippen MR) is 85.9 cm³/mol. The Balaban J connectivity index is 2.27. The quantitative estimate of drug-likeness (QED) is 0.712. The van der Waals surface area contributed by atoms with Gasteiger partial charge in [0, 0.05) is 37.1 Å². The Kier molecular flexibility index (Phi) is 8.30. The normalized spacial score (nSPS) is 13.4. The van der Waals surface area contributed by atoms with Crippen LogP contribution in [0.3, 0.4) is 0 Å². The number of nitrogens with one attached hydrogen (secondary N) is 1. The van der Waals surface area contributed by atoms with Gasteiger partial charge in [0.2, 0.25) is 0 Å². The molecule has 0 aliphatic carbocycles. The minimum atomic E-state index is 0.597. The fourth-order valence-electron chi connectivity index (χ4n) is 2.11. The van der Waals surface area contributed by atoms with E-state index in [0.29, 0.717) is 6.04 Å². The second-order valence-corrected chi connectivity index (χ2v) is 6.43. The van der Waals surface area contributed by atoms with Gasteiger partial charge in [0.05, 0.1) is 0 Å². The molecule has 110 valence electrons. The molecule has 0 fully saturated rings. The minimum Gasteiger partial charge on any atom is -0.310 e. The van der Waals surface area contributed by atoms with Crippen LogP contribution in [0.2, 0.25) is 0 Å². The summed E-state index contributed by atoms with van der Waals surface area (Å²) < 4.78 is 0. The summed E-state index contributed by atoms with van der Waals surface area (Å²) >= 11 is 1.82. The average molecular weight is 283 g/mol. The molecule has 1 rings (SSSR count). The highest BCUT2D eigenvalue weighted by molar-refractivity contribution is 7.09. The Labute approximate surface area is 122 Å². The molecule has 1 aromatic rings. The highest BCUT2D eigenvalue weighted by Crippen LogP contribution is 2.07. The summed E-state index contributed by atoms with van der Waals surface area (Å²) in [5, 5.41) is 5.71. The van der Waals surface area contributed by atoms with Crippen LogP contribution in [0, 0.1) is 0 Å². The summed E-state index contributed by atoms with van der Waals surface area (Å²) in [4.78, 5) is 6.26. The van der Waals surface area contributed by atoms with Gasteiger partial charge in [0.25, 0.3) is 0 Å². The van der Waals surface area contributed by atoms with Crippen LogP contribution >= 0.6 is 11.3 Å². The summed E-state index contributed by atoms with van der Waals surface area (Å²) in [5.41, 5.74) is 0. The van der Waals surface area contributed by atoms with E-state index >= 15 is 0 Å². The van der Waals surface area contributed by atoms with Crippen molar-refractivity contribution >= 4 is 11.3 Å². The molecule has 4 heteroatoms. The molecule has 0 saturated heterocycles. The maximum absolute atomic E-state index is 3.57. The summed E-state index contributed by atoms with van der Waals surface area (Å²) in [6, 6.07) is 4.91. The molecular formula is C15H29N3S. The van der Waals surface area contributed by atoms with Crippen LogP contribution in [-0.2, 0) is 6.54 Å². The van der Waals surface area contributed by atoms with Crippen molar-refractivity contribution in [2.45, 2.75) is 32.9 Å². The molecule has 3 nitrogen and oxygen atoms in total. The lowest BCUT2D eigenvalue weighted by Crippen LogP contribution is -2.43. The van der Waals surface area contributed by atoms with E-state index in [-0.39, 0.29) is 0 Å². The number of rotatable bonds is 10. The monoisotopic (exact) mass is 283 g/mol. The zero-order valence-electron chi connectivity index (χ0n) is 12.9. The highest BCUT2D eigenvalue weighted by Gasteiger charge is 2.12. The van der Waals surface area contributed by atoms with E-state index in [1.54, 1.807) is 0 Å². The van der Waals surface area contributed by atoms with Crippen molar-refractivity contribution in [1.82, 2.24) is 15.1 Å². The maximum atomic E-state index is 3.57. The fourth-order valence-corrected chi connectivity index (χ4v) is 2.79. The van der Waals surface area contributed by atoms with Gasteiger partial charge in [0.15, 0.2) is 0 Å². The molecule has 0 aromatic carbocycles. The van der Waals surface area contributed by atoms with Crippen LogP contribution in [0.1, 0.15) is 25.1 Å². The first-order valence-corrected chi connectivity index (χ1v) is 8.13. The van der Waals surface area contributed by atoms with Gasteiger partial charge in [-0.15, -0.1) is 11.3 Å². The summed E-state index contributed by atoms with van der Waals surface area (Å²) in [7, 11) is 4.29. The first kappa shape index (κ1) is 16.6. The minimum absolute atomic E-state index is 0.597. The lowest BCUT2D eigenvalue weighted by Gasteiger charge is -2.30. The molecule has 0 amide bonds. The van der Waals surface area contributed by atoms with E-state index in [2.05, 4.69) is 60.6 Å². The van der Waals surface area contributed by atoms with Crippen molar-refractivity contribution in [1.29, 1.82) is 0 Å². The zero-order chi connectivity index (χ0) is 14.1. The van der Waals surface area contributed by atoms with Gasteiger partial charge in [-0.25, -0.2) is 0 Å². The molecule has 19 heavy (non-hydrogen) atoms. The number of thiophene rings is 1. The van der Waals surface area contributed by atoms with Crippen LogP contribution < -0.4 is 5.32 Å². The lowest BCUT2D eigenvalue weighted by molar-refractivity contribution is 0.185. The molecule has 1 N–H and O–H groups in total. The number of likely N-dealkylation sites (N-methyl/N-ethyl adjacent to an activating group) is 1. The van der Waals surface area contributed by atoms with Crippen molar-refractivity contribution in [3.05, 3.63) is 22.4 Å². The molecule has 0 radical (unpaired) electrons. The lowest BCUT2D eigenvalue weighted by atomic mass is 10.2. The first-order valence-electron chi connectivity index (χ1n) is 7.25. The largest absolute Gasteiger partial charge is 0.310 e. The van der Waals surface area contributed by atoms with Gasteiger partial charge in [-0.2, -0.15) is 0 Å². The SMILES string of the molecule is CCCN(CCN(C)C)C(C)CNCc1cccs1. The number of nitrogens with zero attached hydrogens (tertiary/aromatic N) is 2. The molecule has 0 bridgehead atoms. The predicted octanol–water partition coefficient (Wildman–Crippen LogP) is 2.50. The van der Waals surface area contributed by atoms with Gasteiger partial charge in [0.1, 0.15) is 0 Å². The van der Waals surface area contributed by atoms with Crippen LogP contribution in [0.25, 0.3) is 0 Å². The summed E-state index contributed by atoms with van der Waals surface area (Å²) in [6.45, 7) is 10.1. The molecule has 0 aliphatic heterocycles. The van der Waals surface area contributed by atoms with Crippen LogP contribution in [0.5, 0.6) is 0 Å². The van der Waals surface area contributed by atoms with Gasteiger partial charge in [-0.1, -0.05) is 13.0 Å². The molecule has 0 saturated carbocycles. The van der Waals surface area contributed by atoms with Gasteiger partial charge in [-0.3, -0.25) is 4.90 Å². The molecule has 1 aromatic heterocycles. The highest BCUT2D eigenvalue weighted by atomic mass is 32.1. The van der Waals surface area contributed by atoms with Crippen LogP contribution in [-0.4, -0.2) is 56.1 Å². The Morgan fingerprint density at radius 1 is 1.26 bits per heavy atom. The smallest absolute Gasteiger partial charge is 0.0300 e. The van der Waals surface area contributed by atoms with Crippen molar-refractivity contribution < 1.29 is 0 Å². The third-order valence-electron chi connectivity index (χ3n) is 3.29. The van der Waals surface area contributed by atoms with E-state index in [4.69, 9.17) is 0 Å². The third kappa shape index (κ3) is 7.06. The first-order chi connectivity index (χ1) is 9.13. The second-order valence-electron chi connectivity index (χ2n) is 5.40. The van der Waals surface area contributed by atoms with E-state index in [9.17, 15) is 0 Å². The molecule has 0 spiro atoms. The fraction of sp³-hybridized carbons (Fsp3) is 0.733. The second kappa shape index (κ2) is 9.48. The van der Waals surface area contributed by atoms with Crippen LogP contribution in [0.4, 0.5) is 0 Å². The zero-order valence-corrected chi connectivity index (χ0v) is 13.7. The van der Waals surface area contributed by atoms with E-state index in [1.807, 2.05) is 11.3 Å². The van der Waals surface area contributed by atoms with Gasteiger partial charge >= 0.3 is 0 Å². The third-order valence-corrected chi connectivity index (χ3v) is 4.16. The Bertz CT molecular complexity index is 311. The average Bonchev–Trinajstić information content (AvgIpc) is 2.87. The molecule has 1 atom stereocenters. The summed E-state index contributed by atoms with van der Waals surface area (Å²) in [5.74, 6) is 0. The van der Waals surface area contributed by atoms with Crippen molar-refractivity contribution in [2.75, 3.05) is 40.3 Å². The Morgan fingerprint density at radius 3 is 2.63 bits per heavy atom. The van der Waals surface area contributed by atoms with Gasteiger partial charge in [-0.05, 0) is 45.4 Å². The van der Waals surface area contributed by atoms with E-state index in [1.165, 1.54) is 17.8 Å². The van der Waals surface area contributed by atoms with Crippen molar-refractivity contribution in [3.8, 4) is 0 Å². The van der Waals surface area contributed by atoms with Crippen molar-refractivity contribution in [3.63, 3.8) is 0 Å². The molecule has 0 aliphatic rings. The van der Waals surface area contributed by atoms with Crippen LogP contribution in [0.15, 0.2) is 17.5 Å². The molecule has 1 heterocycles. The number of hydrogen-bond donors (Lipinski definition) is 1. The topological polar surface area (TPSA) is 18.5 Å². The van der Waals surface area contributed by atoms with E-state index in [0.717, 1.165) is 26.2 Å². The summed E-state index contributed by atoms with van der Waals surface area (Å²) in [6.07, 6.45) is 1.22. The van der Waals surface area contributed by atoms with Gasteiger partial charge < -0.3 is 10.2 Å². The molecule has 1 unspecified atom stereocenters. The number of hydrogen-bond acceptors (Lipinski definition) is 4.